The van der Waals surface area contributed by atoms with E-state index in [1.807, 2.05) is 0 Å². The molecule has 0 radical (unpaired) electrons. The van der Waals surface area contributed by atoms with Gasteiger partial charge in [0, 0.05) is 20.0 Å². The van der Waals surface area contributed by atoms with Crippen molar-refractivity contribution in [1.82, 2.24) is 10.3 Å². The lowest BCUT2D eigenvalue weighted by Gasteiger charge is -2.27. The zero-order chi connectivity index (χ0) is 24.0. The quantitative estimate of drug-likeness (QED) is 0.506. The monoisotopic (exact) mass is 450 g/mol. The lowest BCUT2D eigenvalue weighted by Crippen LogP contribution is -2.46. The van der Waals surface area contributed by atoms with Crippen LogP contribution in [0.15, 0.2) is 12.3 Å². The number of aromatic nitrogens is 1. The van der Waals surface area contributed by atoms with Gasteiger partial charge in [-0.15, -0.1) is 0 Å². The zero-order valence-corrected chi connectivity index (χ0v) is 18.5. The third-order valence-corrected chi connectivity index (χ3v) is 4.75. The summed E-state index contributed by atoms with van der Waals surface area (Å²) in [4.78, 5) is 64.9. The van der Waals surface area contributed by atoms with Crippen molar-refractivity contribution in [2.24, 2.45) is 5.92 Å². The Bertz CT molecular complexity index is 915. The Morgan fingerprint density at radius 2 is 1.88 bits per heavy atom. The van der Waals surface area contributed by atoms with E-state index in [-0.39, 0.29) is 17.9 Å². The first-order valence-corrected chi connectivity index (χ1v) is 10.0. The third kappa shape index (κ3) is 6.02. The summed E-state index contributed by atoms with van der Waals surface area (Å²) >= 11 is 0. The number of esters is 4. The Balaban J connectivity index is 2.28. The number of carbonyl (C=O) groups is 5. The van der Waals surface area contributed by atoms with E-state index in [1.54, 1.807) is 19.9 Å². The van der Waals surface area contributed by atoms with Crippen molar-refractivity contribution >= 4 is 29.8 Å². The SMILES string of the molecule is CCC1C(=O)OCC(NC(=O)c2nccc(C)c2OC(C)=O)C(=O)OC(C)C1OC(C)=O. The fourth-order valence-corrected chi connectivity index (χ4v) is 3.21. The highest BCUT2D eigenvalue weighted by atomic mass is 16.6. The van der Waals surface area contributed by atoms with Crippen molar-refractivity contribution < 1.29 is 42.9 Å². The Labute approximate surface area is 184 Å². The van der Waals surface area contributed by atoms with E-state index < -0.39 is 60.6 Å². The number of carbonyl (C=O) groups excluding carboxylic acids is 5. The van der Waals surface area contributed by atoms with Crippen molar-refractivity contribution in [1.29, 1.82) is 0 Å². The molecule has 1 aromatic heterocycles. The zero-order valence-electron chi connectivity index (χ0n) is 18.5. The summed E-state index contributed by atoms with van der Waals surface area (Å²) in [5.41, 5.74) is 0.254. The van der Waals surface area contributed by atoms with Crippen LogP contribution in [-0.4, -0.2) is 59.6 Å². The van der Waals surface area contributed by atoms with Gasteiger partial charge in [0.2, 0.25) is 0 Å². The van der Waals surface area contributed by atoms with Crippen molar-refractivity contribution in [3.63, 3.8) is 0 Å². The second-order valence-corrected chi connectivity index (χ2v) is 7.29. The standard InChI is InChI=1S/C21H26N2O9/c1-6-14-18(32-13(5)25)11(3)30-21(28)15(9-29-20(14)27)23-19(26)16-17(31-12(4)24)10(2)7-8-22-16/h7-8,11,14-15,18H,6,9H2,1-5H3,(H,23,26). The summed E-state index contributed by atoms with van der Waals surface area (Å²) in [6.07, 6.45) is -0.405. The smallest absolute Gasteiger partial charge is 0.332 e. The maximum Gasteiger partial charge on any atom is 0.332 e. The lowest BCUT2D eigenvalue weighted by atomic mass is 9.95. The van der Waals surface area contributed by atoms with Crippen LogP contribution in [0.25, 0.3) is 0 Å². The summed E-state index contributed by atoms with van der Waals surface area (Å²) in [5, 5.41) is 2.40. The fourth-order valence-electron chi connectivity index (χ4n) is 3.21. The summed E-state index contributed by atoms with van der Waals surface area (Å²) in [6, 6.07) is 0.183. The molecule has 0 bridgehead atoms. The van der Waals surface area contributed by atoms with Gasteiger partial charge in [-0.1, -0.05) is 6.92 Å². The molecule has 2 rings (SSSR count). The molecule has 4 unspecified atom stereocenters. The number of rotatable bonds is 5. The Morgan fingerprint density at radius 1 is 1.19 bits per heavy atom. The number of amides is 1. The summed E-state index contributed by atoms with van der Waals surface area (Å²) in [7, 11) is 0. The van der Waals surface area contributed by atoms with E-state index in [0.717, 1.165) is 0 Å². The van der Waals surface area contributed by atoms with E-state index in [9.17, 15) is 24.0 Å². The fraction of sp³-hybridized carbons (Fsp3) is 0.524. The normalized spacial score (nSPS) is 23.5. The van der Waals surface area contributed by atoms with E-state index in [1.165, 1.54) is 27.0 Å². The first kappa shape index (κ1) is 24.8. The largest absolute Gasteiger partial charge is 0.463 e. The second-order valence-electron chi connectivity index (χ2n) is 7.29. The van der Waals surface area contributed by atoms with Gasteiger partial charge in [-0.3, -0.25) is 19.2 Å². The van der Waals surface area contributed by atoms with Crippen LogP contribution in [0.3, 0.4) is 0 Å². The molecule has 1 fully saturated rings. The van der Waals surface area contributed by atoms with Gasteiger partial charge in [0.1, 0.15) is 12.7 Å². The van der Waals surface area contributed by atoms with Crippen molar-refractivity contribution in [2.75, 3.05) is 6.61 Å². The molecule has 0 aliphatic carbocycles. The molecule has 1 aliphatic rings. The molecule has 1 aromatic rings. The van der Waals surface area contributed by atoms with Crippen LogP contribution in [0.5, 0.6) is 5.75 Å². The molecule has 1 amide bonds. The minimum Gasteiger partial charge on any atom is -0.463 e. The molecular formula is C21H26N2O9. The lowest BCUT2D eigenvalue weighted by molar-refractivity contribution is -0.173. The Kier molecular flexibility index (Phi) is 8.27. The molecular weight excluding hydrogens is 424 g/mol. The molecule has 4 atom stereocenters. The molecule has 0 spiro atoms. The molecule has 0 saturated carbocycles. The highest BCUT2D eigenvalue weighted by Crippen LogP contribution is 2.24. The van der Waals surface area contributed by atoms with Gasteiger partial charge >= 0.3 is 23.9 Å². The van der Waals surface area contributed by atoms with Crippen LogP contribution in [0, 0.1) is 12.8 Å². The molecule has 1 aliphatic heterocycles. The topological polar surface area (TPSA) is 147 Å². The second kappa shape index (κ2) is 10.7. The minimum absolute atomic E-state index is 0.0553. The van der Waals surface area contributed by atoms with Crippen molar-refractivity contribution in [2.45, 2.75) is 59.3 Å². The molecule has 11 heteroatoms. The molecule has 32 heavy (non-hydrogen) atoms. The van der Waals surface area contributed by atoms with E-state index in [2.05, 4.69) is 10.3 Å². The van der Waals surface area contributed by atoms with E-state index in [4.69, 9.17) is 18.9 Å². The predicted molar refractivity (Wildman–Crippen MR) is 107 cm³/mol. The maximum atomic E-state index is 12.8. The molecule has 0 aromatic carbocycles. The van der Waals surface area contributed by atoms with Crippen LogP contribution in [0.4, 0.5) is 0 Å². The number of hydrogen-bond acceptors (Lipinski definition) is 10. The molecule has 11 nitrogen and oxygen atoms in total. The first-order valence-electron chi connectivity index (χ1n) is 10.0. The maximum absolute atomic E-state index is 12.8. The van der Waals surface area contributed by atoms with Gasteiger partial charge in [-0.25, -0.2) is 9.78 Å². The number of nitrogens with zero attached hydrogens (tertiary/aromatic N) is 1. The summed E-state index contributed by atoms with van der Waals surface area (Å²) < 4.78 is 20.9. The number of pyridine rings is 1. The van der Waals surface area contributed by atoms with Gasteiger partial charge in [-0.2, -0.15) is 0 Å². The Hall–Kier alpha value is -3.50. The number of ether oxygens (including phenoxy) is 4. The predicted octanol–water partition coefficient (Wildman–Crippen LogP) is 0.860. The van der Waals surface area contributed by atoms with Crippen LogP contribution >= 0.6 is 0 Å². The average molecular weight is 450 g/mol. The molecule has 1 N–H and O–H groups in total. The number of cyclic esters (lactones) is 2. The van der Waals surface area contributed by atoms with Gasteiger partial charge in [0.15, 0.2) is 23.6 Å². The average Bonchev–Trinajstić information content (AvgIpc) is 2.74. The number of nitrogens with one attached hydrogen (secondary N) is 1. The first-order chi connectivity index (χ1) is 15.0. The highest BCUT2D eigenvalue weighted by Gasteiger charge is 2.40. The van der Waals surface area contributed by atoms with Crippen molar-refractivity contribution in [3.8, 4) is 5.75 Å². The summed E-state index contributed by atoms with van der Waals surface area (Å²) in [5.74, 6) is -4.63. The van der Waals surface area contributed by atoms with Gasteiger partial charge in [-0.05, 0) is 31.9 Å². The highest BCUT2D eigenvalue weighted by molar-refractivity contribution is 5.98. The minimum atomic E-state index is -1.37. The number of hydrogen-bond donors (Lipinski definition) is 1. The van der Waals surface area contributed by atoms with Crippen LogP contribution < -0.4 is 10.1 Å². The van der Waals surface area contributed by atoms with Crippen molar-refractivity contribution in [3.05, 3.63) is 23.5 Å². The van der Waals surface area contributed by atoms with Crippen LogP contribution in [0.1, 0.15) is 50.2 Å². The van der Waals surface area contributed by atoms with Crippen LogP contribution in [-0.2, 0) is 33.4 Å². The van der Waals surface area contributed by atoms with Gasteiger partial charge in [0.25, 0.3) is 5.91 Å². The van der Waals surface area contributed by atoms with E-state index in [0.29, 0.717) is 5.56 Å². The van der Waals surface area contributed by atoms with E-state index >= 15 is 0 Å². The third-order valence-electron chi connectivity index (χ3n) is 4.75. The summed E-state index contributed by atoms with van der Waals surface area (Å²) in [6.45, 7) is 6.65. The van der Waals surface area contributed by atoms with Gasteiger partial charge in [0.05, 0.1) is 5.92 Å². The molecule has 1 saturated heterocycles. The molecule has 174 valence electrons. The number of aryl methyl sites for hydroxylation is 1. The molecule has 2 heterocycles. The Morgan fingerprint density at radius 3 is 2.47 bits per heavy atom. The van der Waals surface area contributed by atoms with Crippen LogP contribution in [0.2, 0.25) is 0 Å². The van der Waals surface area contributed by atoms with Gasteiger partial charge < -0.3 is 24.3 Å².